The van der Waals surface area contributed by atoms with Gasteiger partial charge in [0.2, 0.25) is 5.88 Å². The lowest BCUT2D eigenvalue weighted by Crippen LogP contribution is -2.42. The van der Waals surface area contributed by atoms with E-state index in [0.717, 1.165) is 0 Å². The molecule has 2 aromatic heterocycles. The molecule has 0 unspecified atom stereocenters. The Morgan fingerprint density at radius 3 is 2.38 bits per heavy atom. The lowest BCUT2D eigenvalue weighted by molar-refractivity contribution is -0.154. The van der Waals surface area contributed by atoms with E-state index < -0.39 is 30.5 Å². The zero-order chi connectivity index (χ0) is 17.6. The van der Waals surface area contributed by atoms with Crippen LogP contribution < -0.4 is 15.6 Å². The van der Waals surface area contributed by atoms with E-state index in [1.165, 1.54) is 30.6 Å². The number of halogens is 3. The van der Waals surface area contributed by atoms with E-state index in [4.69, 9.17) is 0 Å². The Hall–Kier alpha value is -3.17. The molecular formula is C14H11F3N4O3. The van der Waals surface area contributed by atoms with Crippen LogP contribution >= 0.6 is 0 Å². The summed E-state index contributed by atoms with van der Waals surface area (Å²) in [5, 5.41) is 0. The zero-order valence-electron chi connectivity index (χ0n) is 12.0. The van der Waals surface area contributed by atoms with Crippen molar-refractivity contribution in [3.05, 3.63) is 54.0 Å². The maximum absolute atomic E-state index is 12.2. The monoisotopic (exact) mass is 340 g/mol. The van der Waals surface area contributed by atoms with Crippen LogP contribution in [0.25, 0.3) is 0 Å². The van der Waals surface area contributed by atoms with E-state index in [-0.39, 0.29) is 11.3 Å². The van der Waals surface area contributed by atoms with Crippen molar-refractivity contribution in [1.82, 2.24) is 20.8 Å². The lowest BCUT2D eigenvalue weighted by atomic mass is 10.2. The number of ether oxygens (including phenoxy) is 1. The van der Waals surface area contributed by atoms with E-state index >= 15 is 0 Å². The van der Waals surface area contributed by atoms with Gasteiger partial charge in [0.1, 0.15) is 11.3 Å². The summed E-state index contributed by atoms with van der Waals surface area (Å²) >= 11 is 0. The number of alkyl halides is 3. The first kappa shape index (κ1) is 17.2. The van der Waals surface area contributed by atoms with Gasteiger partial charge in [0.15, 0.2) is 6.61 Å². The van der Waals surface area contributed by atoms with Crippen LogP contribution in [0.2, 0.25) is 0 Å². The van der Waals surface area contributed by atoms with Crippen LogP contribution in [0.4, 0.5) is 13.2 Å². The van der Waals surface area contributed by atoms with Gasteiger partial charge in [-0.1, -0.05) is 6.07 Å². The van der Waals surface area contributed by atoms with Gasteiger partial charge in [-0.2, -0.15) is 13.2 Å². The Bertz CT molecular complexity index is 723. The molecule has 0 fully saturated rings. The van der Waals surface area contributed by atoms with E-state index in [2.05, 4.69) is 25.6 Å². The molecule has 0 saturated carbocycles. The first-order valence-electron chi connectivity index (χ1n) is 6.53. The van der Waals surface area contributed by atoms with Crippen LogP contribution in [-0.2, 0) is 0 Å². The fourth-order valence-electron chi connectivity index (χ4n) is 1.57. The molecule has 126 valence electrons. The van der Waals surface area contributed by atoms with Crippen molar-refractivity contribution in [2.75, 3.05) is 6.61 Å². The molecule has 0 spiro atoms. The minimum Gasteiger partial charge on any atom is -0.467 e. The Morgan fingerprint density at radius 1 is 1.00 bits per heavy atom. The second-order valence-corrected chi connectivity index (χ2v) is 4.38. The van der Waals surface area contributed by atoms with Crippen molar-refractivity contribution in [2.45, 2.75) is 6.18 Å². The highest BCUT2D eigenvalue weighted by Crippen LogP contribution is 2.19. The fraction of sp³-hybridized carbons (Fsp3) is 0.143. The average Bonchev–Trinajstić information content (AvgIpc) is 2.58. The maximum Gasteiger partial charge on any atom is 0.422 e. The molecule has 10 heteroatoms. The summed E-state index contributed by atoms with van der Waals surface area (Å²) in [6.07, 6.45) is -2.01. The van der Waals surface area contributed by atoms with Crippen molar-refractivity contribution < 1.29 is 27.5 Å². The second kappa shape index (κ2) is 7.40. The Kier molecular flexibility index (Phi) is 5.30. The summed E-state index contributed by atoms with van der Waals surface area (Å²) in [6.45, 7) is -1.59. The molecular weight excluding hydrogens is 329 g/mol. The largest absolute Gasteiger partial charge is 0.467 e. The minimum absolute atomic E-state index is 0.0533. The highest BCUT2D eigenvalue weighted by atomic mass is 19.4. The van der Waals surface area contributed by atoms with Gasteiger partial charge in [0.25, 0.3) is 11.8 Å². The molecule has 0 radical (unpaired) electrons. The Balaban J connectivity index is 2.01. The van der Waals surface area contributed by atoms with Gasteiger partial charge < -0.3 is 4.74 Å². The molecule has 2 rings (SSSR count). The van der Waals surface area contributed by atoms with E-state index in [0.29, 0.717) is 0 Å². The SMILES string of the molecule is O=C(NNC(=O)c1cccnc1OCC(F)(F)F)c1ccccn1. The molecule has 0 bridgehead atoms. The smallest absolute Gasteiger partial charge is 0.422 e. The molecule has 0 aliphatic carbocycles. The van der Waals surface area contributed by atoms with Crippen LogP contribution in [0, 0.1) is 0 Å². The number of aromatic nitrogens is 2. The predicted molar refractivity (Wildman–Crippen MR) is 75.0 cm³/mol. The van der Waals surface area contributed by atoms with E-state index in [9.17, 15) is 22.8 Å². The van der Waals surface area contributed by atoms with Crippen LogP contribution in [0.15, 0.2) is 42.7 Å². The van der Waals surface area contributed by atoms with Crippen LogP contribution in [0.3, 0.4) is 0 Å². The molecule has 0 aromatic carbocycles. The second-order valence-electron chi connectivity index (χ2n) is 4.38. The molecule has 0 aliphatic rings. The lowest BCUT2D eigenvalue weighted by Gasteiger charge is -2.12. The molecule has 2 heterocycles. The van der Waals surface area contributed by atoms with Crippen molar-refractivity contribution in [3.63, 3.8) is 0 Å². The maximum atomic E-state index is 12.2. The summed E-state index contributed by atoms with van der Waals surface area (Å²) in [6, 6.07) is 7.16. The number of hydrogen-bond donors (Lipinski definition) is 2. The number of amides is 2. The first-order valence-corrected chi connectivity index (χ1v) is 6.53. The number of rotatable bonds is 4. The first-order chi connectivity index (χ1) is 11.4. The standard InChI is InChI=1S/C14H11F3N4O3/c15-14(16,17)8-24-13-9(4-3-7-19-13)11(22)20-21-12(23)10-5-1-2-6-18-10/h1-7H,8H2,(H,20,22)(H,21,23). The van der Waals surface area contributed by atoms with E-state index in [1.807, 2.05) is 0 Å². The number of hydrogen-bond acceptors (Lipinski definition) is 5. The Morgan fingerprint density at radius 2 is 1.71 bits per heavy atom. The summed E-state index contributed by atoms with van der Waals surface area (Å²) in [5.41, 5.74) is 3.94. The fourth-order valence-corrected chi connectivity index (χ4v) is 1.57. The number of nitrogens with one attached hydrogen (secondary N) is 2. The van der Waals surface area contributed by atoms with Gasteiger partial charge in [-0.3, -0.25) is 25.4 Å². The zero-order valence-corrected chi connectivity index (χ0v) is 12.0. The third-order valence-corrected chi connectivity index (χ3v) is 2.58. The number of nitrogens with zero attached hydrogens (tertiary/aromatic N) is 2. The summed E-state index contributed by atoms with van der Waals surface area (Å²) in [4.78, 5) is 31.1. The number of carbonyl (C=O) groups is 2. The van der Waals surface area contributed by atoms with Crippen LogP contribution in [0.1, 0.15) is 20.8 Å². The van der Waals surface area contributed by atoms with Crippen molar-refractivity contribution in [2.24, 2.45) is 0 Å². The molecule has 2 aromatic rings. The third-order valence-electron chi connectivity index (χ3n) is 2.58. The number of carbonyl (C=O) groups excluding carboxylic acids is 2. The molecule has 24 heavy (non-hydrogen) atoms. The normalized spacial score (nSPS) is 10.8. The van der Waals surface area contributed by atoms with E-state index in [1.54, 1.807) is 12.1 Å². The molecule has 0 aliphatic heterocycles. The van der Waals surface area contributed by atoms with Gasteiger partial charge in [-0.25, -0.2) is 4.98 Å². The quantitative estimate of drug-likeness (QED) is 0.823. The molecule has 0 saturated heterocycles. The van der Waals surface area contributed by atoms with Crippen molar-refractivity contribution in [1.29, 1.82) is 0 Å². The average molecular weight is 340 g/mol. The van der Waals surface area contributed by atoms with Crippen molar-refractivity contribution in [3.8, 4) is 5.88 Å². The van der Waals surface area contributed by atoms with Crippen LogP contribution in [0.5, 0.6) is 5.88 Å². The Labute approximate surface area is 133 Å². The van der Waals surface area contributed by atoms with Gasteiger partial charge in [0.05, 0.1) is 0 Å². The molecule has 2 N–H and O–H groups in total. The van der Waals surface area contributed by atoms with Gasteiger partial charge in [-0.05, 0) is 24.3 Å². The summed E-state index contributed by atoms with van der Waals surface area (Å²) < 4.78 is 41.1. The number of pyridine rings is 2. The van der Waals surface area contributed by atoms with Gasteiger partial charge in [-0.15, -0.1) is 0 Å². The highest BCUT2D eigenvalue weighted by molar-refractivity contribution is 5.99. The van der Waals surface area contributed by atoms with Crippen LogP contribution in [-0.4, -0.2) is 34.6 Å². The third kappa shape index (κ3) is 4.93. The van der Waals surface area contributed by atoms with Gasteiger partial charge >= 0.3 is 6.18 Å². The summed E-state index contributed by atoms with van der Waals surface area (Å²) in [5.74, 6) is -2.07. The highest BCUT2D eigenvalue weighted by Gasteiger charge is 2.29. The van der Waals surface area contributed by atoms with Crippen molar-refractivity contribution >= 4 is 11.8 Å². The summed E-state index contributed by atoms with van der Waals surface area (Å²) in [7, 11) is 0. The minimum atomic E-state index is -4.57. The molecule has 7 nitrogen and oxygen atoms in total. The van der Waals surface area contributed by atoms with Gasteiger partial charge in [0, 0.05) is 12.4 Å². The predicted octanol–water partition coefficient (Wildman–Crippen LogP) is 1.49. The topological polar surface area (TPSA) is 93.2 Å². The molecule has 2 amide bonds. The molecule has 0 atom stereocenters. The number of hydrazine groups is 1.